The van der Waals surface area contributed by atoms with Crippen LogP contribution in [-0.2, 0) is 26.2 Å². The van der Waals surface area contributed by atoms with Crippen LogP contribution in [0, 0.1) is 3.57 Å². The van der Waals surface area contributed by atoms with Crippen molar-refractivity contribution in [3.63, 3.8) is 0 Å². The van der Waals surface area contributed by atoms with Crippen LogP contribution >= 0.6 is 22.6 Å². The van der Waals surface area contributed by atoms with E-state index >= 15 is 0 Å². The molecular weight excluding hydrogens is 629 g/mol. The number of amides is 2. The molecule has 0 heterocycles. The summed E-state index contributed by atoms with van der Waals surface area (Å²) in [5.41, 5.74) is 1.10. The Bertz CT molecular complexity index is 1370. The molecule has 0 saturated carbocycles. The fourth-order valence-corrected chi connectivity index (χ4v) is 5.67. The highest BCUT2D eigenvalue weighted by atomic mass is 127. The van der Waals surface area contributed by atoms with Gasteiger partial charge in [0.2, 0.25) is 11.8 Å². The van der Waals surface area contributed by atoms with E-state index in [1.807, 2.05) is 19.9 Å². The van der Waals surface area contributed by atoms with E-state index in [0.717, 1.165) is 19.9 Å². The number of rotatable bonds is 12. The van der Waals surface area contributed by atoms with Gasteiger partial charge in [-0.25, -0.2) is 8.42 Å². The fourth-order valence-electron chi connectivity index (χ4n) is 3.87. The average molecular weight is 664 g/mol. The molecule has 39 heavy (non-hydrogen) atoms. The zero-order chi connectivity index (χ0) is 28.6. The van der Waals surface area contributed by atoms with Gasteiger partial charge in [-0.1, -0.05) is 37.3 Å². The highest BCUT2D eigenvalue weighted by Crippen LogP contribution is 2.25. The summed E-state index contributed by atoms with van der Waals surface area (Å²) in [5, 5.41) is 2.93. The van der Waals surface area contributed by atoms with Crippen LogP contribution in [0.3, 0.4) is 0 Å². The van der Waals surface area contributed by atoms with Gasteiger partial charge in [0.15, 0.2) is 0 Å². The lowest BCUT2D eigenvalue weighted by Crippen LogP contribution is -2.52. The van der Waals surface area contributed by atoms with Crippen molar-refractivity contribution in [2.75, 3.05) is 18.0 Å². The monoisotopic (exact) mass is 663 g/mol. The molecule has 2 unspecified atom stereocenters. The molecule has 0 fully saturated rings. The predicted octanol–water partition coefficient (Wildman–Crippen LogP) is 4.83. The van der Waals surface area contributed by atoms with Crippen molar-refractivity contribution < 1.29 is 22.7 Å². The Hall–Kier alpha value is -3.12. The third kappa shape index (κ3) is 7.95. The molecule has 1 N–H and O–H groups in total. The average Bonchev–Trinajstić information content (AvgIpc) is 2.95. The van der Waals surface area contributed by atoms with Crippen molar-refractivity contribution >= 4 is 50.1 Å². The number of hydrogen-bond acceptors (Lipinski definition) is 5. The predicted molar refractivity (Wildman–Crippen MR) is 161 cm³/mol. The molecule has 3 aromatic carbocycles. The van der Waals surface area contributed by atoms with Gasteiger partial charge in [-0.3, -0.25) is 13.9 Å². The van der Waals surface area contributed by atoms with Gasteiger partial charge >= 0.3 is 0 Å². The van der Waals surface area contributed by atoms with Crippen LogP contribution in [0.25, 0.3) is 0 Å². The maximum absolute atomic E-state index is 13.9. The molecule has 0 aromatic heterocycles. The Morgan fingerprint density at radius 2 is 1.64 bits per heavy atom. The van der Waals surface area contributed by atoms with E-state index in [-0.39, 0.29) is 23.4 Å². The van der Waals surface area contributed by atoms with Gasteiger partial charge < -0.3 is 15.0 Å². The minimum absolute atomic E-state index is 0.0678. The largest absolute Gasteiger partial charge is 0.497 e. The molecule has 0 radical (unpaired) electrons. The third-order valence-electron chi connectivity index (χ3n) is 6.38. The van der Waals surface area contributed by atoms with Crippen LogP contribution in [-0.4, -0.2) is 50.9 Å². The molecular formula is C29H34IN3O5S. The first-order chi connectivity index (χ1) is 18.6. The van der Waals surface area contributed by atoms with Crippen LogP contribution in [0.1, 0.15) is 32.8 Å². The van der Waals surface area contributed by atoms with E-state index in [1.54, 1.807) is 74.7 Å². The van der Waals surface area contributed by atoms with Gasteiger partial charge in [-0.05, 0) is 97.0 Å². The molecule has 0 aliphatic heterocycles. The smallest absolute Gasteiger partial charge is 0.264 e. The lowest BCUT2D eigenvalue weighted by molar-refractivity contribution is -0.139. The number of anilines is 1. The normalized spacial score (nSPS) is 12.7. The van der Waals surface area contributed by atoms with Crippen LogP contribution in [0.5, 0.6) is 5.75 Å². The topological polar surface area (TPSA) is 96.0 Å². The van der Waals surface area contributed by atoms with Gasteiger partial charge in [0.1, 0.15) is 18.3 Å². The summed E-state index contributed by atoms with van der Waals surface area (Å²) in [6.07, 6.45) is 0.734. The molecule has 0 aliphatic carbocycles. The summed E-state index contributed by atoms with van der Waals surface area (Å²) >= 11 is 2.14. The standard InChI is InChI=1S/C29H34IN3O5S/c1-5-21(2)31-29(35)22(3)32(19-23-10-9-11-26(18-23)38-4)28(34)20-33(25-16-14-24(30)15-17-25)39(36,37)27-12-7-6-8-13-27/h6-18,21-22H,5,19-20H2,1-4H3,(H,31,35). The number of nitrogens with one attached hydrogen (secondary N) is 1. The minimum atomic E-state index is -4.09. The van der Waals surface area contributed by atoms with E-state index in [9.17, 15) is 18.0 Å². The Labute approximate surface area is 244 Å². The second-order valence-corrected chi connectivity index (χ2v) is 12.3. The van der Waals surface area contributed by atoms with Crippen LogP contribution in [0.2, 0.25) is 0 Å². The molecule has 0 bridgehead atoms. The SMILES string of the molecule is CCC(C)NC(=O)C(C)N(Cc1cccc(OC)c1)C(=O)CN(c1ccc(I)cc1)S(=O)(=O)c1ccccc1. The maximum atomic E-state index is 13.9. The van der Waals surface area contributed by atoms with E-state index < -0.39 is 28.5 Å². The molecule has 0 aliphatic rings. The molecule has 8 nitrogen and oxygen atoms in total. The van der Waals surface area contributed by atoms with Gasteiger partial charge in [-0.15, -0.1) is 0 Å². The van der Waals surface area contributed by atoms with Crippen molar-refractivity contribution in [2.45, 2.75) is 50.7 Å². The van der Waals surface area contributed by atoms with Crippen LogP contribution in [0.4, 0.5) is 5.69 Å². The molecule has 0 spiro atoms. The van der Waals surface area contributed by atoms with E-state index in [4.69, 9.17) is 4.74 Å². The summed E-state index contributed by atoms with van der Waals surface area (Å²) in [6, 6.07) is 21.2. The van der Waals surface area contributed by atoms with E-state index in [1.165, 1.54) is 17.0 Å². The van der Waals surface area contributed by atoms with Crippen molar-refractivity contribution in [3.05, 3.63) is 88.0 Å². The number of carbonyl (C=O) groups is 2. The van der Waals surface area contributed by atoms with Crippen molar-refractivity contribution in [2.24, 2.45) is 0 Å². The molecule has 2 amide bonds. The highest BCUT2D eigenvalue weighted by Gasteiger charge is 2.32. The first kappa shape index (κ1) is 30.4. The molecule has 3 rings (SSSR count). The number of halogens is 1. The number of hydrogen-bond donors (Lipinski definition) is 1. The van der Waals surface area contributed by atoms with Crippen molar-refractivity contribution in [3.8, 4) is 5.75 Å². The van der Waals surface area contributed by atoms with Gasteiger partial charge in [-0.2, -0.15) is 0 Å². The van der Waals surface area contributed by atoms with Gasteiger partial charge in [0.05, 0.1) is 17.7 Å². The lowest BCUT2D eigenvalue weighted by atomic mass is 10.1. The molecule has 208 valence electrons. The van der Waals surface area contributed by atoms with Crippen molar-refractivity contribution in [1.82, 2.24) is 10.2 Å². The number of sulfonamides is 1. The number of ether oxygens (including phenoxy) is 1. The summed E-state index contributed by atoms with van der Waals surface area (Å²) in [4.78, 5) is 28.5. The number of benzene rings is 3. The lowest BCUT2D eigenvalue weighted by Gasteiger charge is -2.32. The summed E-state index contributed by atoms with van der Waals surface area (Å²) in [6.45, 7) is 5.11. The second-order valence-electron chi connectivity index (χ2n) is 9.17. The third-order valence-corrected chi connectivity index (χ3v) is 8.89. The first-order valence-electron chi connectivity index (χ1n) is 12.6. The maximum Gasteiger partial charge on any atom is 0.264 e. The highest BCUT2D eigenvalue weighted by molar-refractivity contribution is 14.1. The summed E-state index contributed by atoms with van der Waals surface area (Å²) in [5.74, 6) is -0.209. The molecule has 2 atom stereocenters. The molecule has 10 heteroatoms. The Kier molecular flexibility index (Phi) is 10.8. The van der Waals surface area contributed by atoms with E-state index in [0.29, 0.717) is 11.4 Å². The van der Waals surface area contributed by atoms with Crippen LogP contribution < -0.4 is 14.4 Å². The Balaban J connectivity index is 2.01. The van der Waals surface area contributed by atoms with Gasteiger partial charge in [0, 0.05) is 16.2 Å². The van der Waals surface area contributed by atoms with E-state index in [2.05, 4.69) is 27.9 Å². The quantitative estimate of drug-likeness (QED) is 0.281. The fraction of sp³-hybridized carbons (Fsp3) is 0.310. The summed E-state index contributed by atoms with van der Waals surface area (Å²) in [7, 11) is -2.53. The zero-order valence-corrected chi connectivity index (χ0v) is 25.5. The molecule has 3 aromatic rings. The van der Waals surface area contributed by atoms with Crippen LogP contribution in [0.15, 0.2) is 83.8 Å². The zero-order valence-electron chi connectivity index (χ0n) is 22.5. The Morgan fingerprint density at radius 3 is 2.26 bits per heavy atom. The number of carbonyl (C=O) groups excluding carboxylic acids is 2. The number of methoxy groups -OCH3 is 1. The first-order valence-corrected chi connectivity index (χ1v) is 15.1. The Morgan fingerprint density at radius 1 is 0.974 bits per heavy atom. The van der Waals surface area contributed by atoms with Crippen molar-refractivity contribution in [1.29, 1.82) is 0 Å². The second kappa shape index (κ2) is 13.8. The van der Waals surface area contributed by atoms with Gasteiger partial charge in [0.25, 0.3) is 10.0 Å². The number of nitrogens with zero attached hydrogens (tertiary/aromatic N) is 2. The minimum Gasteiger partial charge on any atom is -0.497 e. The summed E-state index contributed by atoms with van der Waals surface area (Å²) < 4.78 is 34.9. The molecule has 0 saturated heterocycles.